The van der Waals surface area contributed by atoms with Crippen LogP contribution in [-0.2, 0) is 0 Å². The SMILES string of the molecule is Cc1ccc([C@@H]2CCCN2C(=O)c2ccc3ccccc3n2)cc1. The Balaban J connectivity index is 1.65. The molecule has 3 heteroatoms. The second-order valence-electron chi connectivity index (χ2n) is 6.46. The van der Waals surface area contributed by atoms with Crippen molar-refractivity contribution in [3.63, 3.8) is 0 Å². The van der Waals surface area contributed by atoms with Gasteiger partial charge in [0, 0.05) is 11.9 Å². The summed E-state index contributed by atoms with van der Waals surface area (Å²) in [5, 5.41) is 1.06. The van der Waals surface area contributed by atoms with Crippen molar-refractivity contribution in [2.24, 2.45) is 0 Å². The maximum Gasteiger partial charge on any atom is 0.272 e. The molecule has 0 bridgehead atoms. The molecule has 2 heterocycles. The molecule has 0 saturated carbocycles. The van der Waals surface area contributed by atoms with Crippen molar-refractivity contribution in [3.05, 3.63) is 77.5 Å². The van der Waals surface area contributed by atoms with Crippen LogP contribution < -0.4 is 0 Å². The van der Waals surface area contributed by atoms with E-state index in [9.17, 15) is 4.79 Å². The number of carbonyl (C=O) groups is 1. The minimum Gasteiger partial charge on any atom is -0.330 e. The zero-order chi connectivity index (χ0) is 16.5. The van der Waals surface area contributed by atoms with Crippen molar-refractivity contribution < 1.29 is 4.79 Å². The van der Waals surface area contributed by atoms with Crippen LogP contribution in [0.15, 0.2) is 60.7 Å². The normalized spacial score (nSPS) is 17.4. The molecule has 0 aliphatic carbocycles. The van der Waals surface area contributed by atoms with E-state index >= 15 is 0 Å². The Morgan fingerprint density at radius 3 is 2.67 bits per heavy atom. The van der Waals surface area contributed by atoms with E-state index in [4.69, 9.17) is 0 Å². The third-order valence-electron chi connectivity index (χ3n) is 4.79. The van der Waals surface area contributed by atoms with E-state index < -0.39 is 0 Å². The summed E-state index contributed by atoms with van der Waals surface area (Å²) in [4.78, 5) is 19.5. The number of hydrogen-bond acceptors (Lipinski definition) is 2. The predicted octanol–water partition coefficient (Wildman–Crippen LogP) is 4.52. The van der Waals surface area contributed by atoms with Crippen LogP contribution in [0.4, 0.5) is 0 Å². The summed E-state index contributed by atoms with van der Waals surface area (Å²) in [5.74, 6) is 0.0313. The minimum absolute atomic E-state index is 0.0313. The molecule has 1 aliphatic rings. The quantitative estimate of drug-likeness (QED) is 0.696. The van der Waals surface area contributed by atoms with Crippen LogP contribution in [0.2, 0.25) is 0 Å². The highest BCUT2D eigenvalue weighted by Crippen LogP contribution is 2.33. The molecule has 24 heavy (non-hydrogen) atoms. The van der Waals surface area contributed by atoms with Gasteiger partial charge in [-0.1, -0.05) is 54.1 Å². The average molecular weight is 316 g/mol. The maximum atomic E-state index is 13.0. The first kappa shape index (κ1) is 14.9. The first-order valence-electron chi connectivity index (χ1n) is 8.46. The molecule has 3 aromatic rings. The van der Waals surface area contributed by atoms with Gasteiger partial charge in [-0.25, -0.2) is 4.98 Å². The van der Waals surface area contributed by atoms with Gasteiger partial charge >= 0.3 is 0 Å². The van der Waals surface area contributed by atoms with E-state index in [0.29, 0.717) is 5.69 Å². The van der Waals surface area contributed by atoms with E-state index in [1.54, 1.807) is 0 Å². The van der Waals surface area contributed by atoms with Crippen LogP contribution in [-0.4, -0.2) is 22.3 Å². The van der Waals surface area contributed by atoms with E-state index in [0.717, 1.165) is 30.3 Å². The number of carbonyl (C=O) groups excluding carboxylic acids is 1. The molecule has 4 rings (SSSR count). The van der Waals surface area contributed by atoms with Gasteiger partial charge in [-0.2, -0.15) is 0 Å². The van der Waals surface area contributed by atoms with E-state index in [1.165, 1.54) is 11.1 Å². The molecule has 1 fully saturated rings. The first-order chi connectivity index (χ1) is 11.7. The van der Waals surface area contributed by atoms with Crippen molar-refractivity contribution in [2.45, 2.75) is 25.8 Å². The molecule has 1 atom stereocenters. The fourth-order valence-electron chi connectivity index (χ4n) is 3.48. The highest BCUT2D eigenvalue weighted by atomic mass is 16.2. The number of benzene rings is 2. The first-order valence-corrected chi connectivity index (χ1v) is 8.46. The third-order valence-corrected chi connectivity index (χ3v) is 4.79. The Morgan fingerprint density at radius 1 is 1.04 bits per heavy atom. The highest BCUT2D eigenvalue weighted by Gasteiger charge is 2.31. The molecule has 1 aliphatic heterocycles. The molecule has 1 amide bonds. The number of nitrogens with zero attached hydrogens (tertiary/aromatic N) is 2. The van der Waals surface area contributed by atoms with Crippen molar-refractivity contribution in [1.82, 2.24) is 9.88 Å². The molecule has 3 nitrogen and oxygen atoms in total. The van der Waals surface area contributed by atoms with Gasteiger partial charge in [0.15, 0.2) is 0 Å². The highest BCUT2D eigenvalue weighted by molar-refractivity contribution is 5.95. The maximum absolute atomic E-state index is 13.0. The molecular formula is C21H20N2O. The number of amides is 1. The van der Waals surface area contributed by atoms with Crippen LogP contribution in [0.5, 0.6) is 0 Å². The van der Waals surface area contributed by atoms with Gasteiger partial charge in [0.2, 0.25) is 0 Å². The van der Waals surface area contributed by atoms with Crippen LogP contribution in [0.3, 0.4) is 0 Å². The Bertz CT molecular complexity index is 886. The molecule has 1 saturated heterocycles. The monoisotopic (exact) mass is 316 g/mol. The lowest BCUT2D eigenvalue weighted by Gasteiger charge is -2.25. The van der Waals surface area contributed by atoms with Crippen molar-refractivity contribution in [3.8, 4) is 0 Å². The Labute approximate surface area is 141 Å². The van der Waals surface area contributed by atoms with Crippen molar-refractivity contribution >= 4 is 16.8 Å². The zero-order valence-corrected chi connectivity index (χ0v) is 13.8. The van der Waals surface area contributed by atoms with Crippen LogP contribution in [0.1, 0.15) is 40.5 Å². The number of rotatable bonds is 2. The zero-order valence-electron chi connectivity index (χ0n) is 13.8. The van der Waals surface area contributed by atoms with E-state index in [-0.39, 0.29) is 11.9 Å². The Kier molecular flexibility index (Phi) is 3.77. The van der Waals surface area contributed by atoms with Crippen LogP contribution in [0.25, 0.3) is 10.9 Å². The third kappa shape index (κ3) is 2.67. The lowest BCUT2D eigenvalue weighted by molar-refractivity contribution is 0.0730. The Morgan fingerprint density at radius 2 is 1.83 bits per heavy atom. The largest absolute Gasteiger partial charge is 0.330 e. The summed E-state index contributed by atoms with van der Waals surface area (Å²) in [6.45, 7) is 2.88. The second kappa shape index (κ2) is 6.08. The summed E-state index contributed by atoms with van der Waals surface area (Å²) in [6.07, 6.45) is 2.06. The van der Waals surface area contributed by atoms with Crippen LogP contribution >= 0.6 is 0 Å². The van der Waals surface area contributed by atoms with Gasteiger partial charge in [-0.05, 0) is 37.5 Å². The standard InChI is InChI=1S/C21H20N2O/c1-15-8-10-17(11-9-15)20-7-4-14-23(20)21(24)19-13-12-16-5-2-3-6-18(16)22-19/h2-3,5-6,8-13,20H,4,7,14H2,1H3/t20-/m0/s1. The lowest BCUT2D eigenvalue weighted by atomic mass is 10.0. The molecular weight excluding hydrogens is 296 g/mol. The minimum atomic E-state index is 0.0313. The van der Waals surface area contributed by atoms with Gasteiger partial charge < -0.3 is 4.90 Å². The Hall–Kier alpha value is -2.68. The predicted molar refractivity (Wildman–Crippen MR) is 95.9 cm³/mol. The summed E-state index contributed by atoms with van der Waals surface area (Å²) in [6, 6.07) is 20.4. The van der Waals surface area contributed by atoms with Gasteiger partial charge in [0.1, 0.15) is 5.69 Å². The number of fused-ring (bicyclic) bond motifs is 1. The fourth-order valence-corrected chi connectivity index (χ4v) is 3.48. The topological polar surface area (TPSA) is 33.2 Å². The summed E-state index contributed by atoms with van der Waals surface area (Å²) >= 11 is 0. The molecule has 1 aromatic heterocycles. The second-order valence-corrected chi connectivity index (χ2v) is 6.46. The average Bonchev–Trinajstić information content (AvgIpc) is 3.11. The number of aromatic nitrogens is 1. The number of pyridine rings is 1. The van der Waals surface area contributed by atoms with Crippen molar-refractivity contribution in [1.29, 1.82) is 0 Å². The molecule has 120 valence electrons. The number of likely N-dealkylation sites (tertiary alicyclic amines) is 1. The summed E-state index contributed by atoms with van der Waals surface area (Å²) in [5.41, 5.74) is 3.86. The van der Waals surface area contributed by atoms with Gasteiger partial charge in [-0.15, -0.1) is 0 Å². The van der Waals surface area contributed by atoms with E-state index in [1.807, 2.05) is 41.3 Å². The molecule has 2 aromatic carbocycles. The summed E-state index contributed by atoms with van der Waals surface area (Å²) < 4.78 is 0. The number of hydrogen-bond donors (Lipinski definition) is 0. The fraction of sp³-hybridized carbons (Fsp3) is 0.238. The molecule has 0 spiro atoms. The van der Waals surface area contributed by atoms with Gasteiger partial charge in [-0.3, -0.25) is 4.79 Å². The molecule has 0 radical (unpaired) electrons. The molecule has 0 unspecified atom stereocenters. The smallest absolute Gasteiger partial charge is 0.272 e. The van der Waals surface area contributed by atoms with Gasteiger partial charge in [0.25, 0.3) is 5.91 Å². The van der Waals surface area contributed by atoms with Gasteiger partial charge in [0.05, 0.1) is 11.6 Å². The van der Waals surface area contributed by atoms with Crippen molar-refractivity contribution in [2.75, 3.05) is 6.54 Å². The number of aryl methyl sites for hydroxylation is 1. The number of para-hydroxylation sites is 1. The van der Waals surface area contributed by atoms with Crippen LogP contribution in [0, 0.1) is 6.92 Å². The van der Waals surface area contributed by atoms with E-state index in [2.05, 4.69) is 36.2 Å². The lowest BCUT2D eigenvalue weighted by Crippen LogP contribution is -2.31. The summed E-state index contributed by atoms with van der Waals surface area (Å²) in [7, 11) is 0. The molecule has 0 N–H and O–H groups in total.